The van der Waals surface area contributed by atoms with Gasteiger partial charge in [0.25, 0.3) is 11.8 Å². The van der Waals surface area contributed by atoms with Gasteiger partial charge in [0.1, 0.15) is 5.82 Å². The third kappa shape index (κ3) is 5.55. The van der Waals surface area contributed by atoms with Crippen LogP contribution in [-0.4, -0.2) is 61.5 Å². The molecule has 2 aromatic rings. The van der Waals surface area contributed by atoms with Crippen LogP contribution in [-0.2, 0) is 11.2 Å². The first-order chi connectivity index (χ1) is 14.9. The number of hydrogen-bond acceptors (Lipinski definition) is 4. The Hall–Kier alpha value is -3.06. The van der Waals surface area contributed by atoms with Crippen LogP contribution in [0.4, 0.5) is 4.39 Å². The highest BCUT2D eigenvalue weighted by molar-refractivity contribution is 6.33. The normalized spacial score (nSPS) is 13.6. The van der Waals surface area contributed by atoms with E-state index in [0.29, 0.717) is 44.1 Å². The van der Waals surface area contributed by atoms with Crippen molar-refractivity contribution in [3.8, 4) is 11.5 Å². The fraction of sp³-hybridized carbons (Fsp3) is 0.304. The molecule has 2 aromatic carbocycles. The minimum absolute atomic E-state index is 0.0740. The summed E-state index contributed by atoms with van der Waals surface area (Å²) in [6.45, 7) is 5.06. The molecular formula is C23H24ClFN2O4. The van der Waals surface area contributed by atoms with Gasteiger partial charge in [0.2, 0.25) is 0 Å². The first-order valence-corrected chi connectivity index (χ1v) is 10.2. The Morgan fingerprint density at radius 1 is 1.10 bits per heavy atom. The molecule has 0 radical (unpaired) electrons. The van der Waals surface area contributed by atoms with Crippen LogP contribution in [0, 0.1) is 5.82 Å². The minimum atomic E-state index is -0.496. The van der Waals surface area contributed by atoms with E-state index in [-0.39, 0.29) is 29.0 Å². The van der Waals surface area contributed by atoms with Gasteiger partial charge in [0.05, 0.1) is 17.7 Å². The van der Waals surface area contributed by atoms with Gasteiger partial charge in [-0.1, -0.05) is 23.7 Å². The summed E-state index contributed by atoms with van der Waals surface area (Å²) in [4.78, 5) is 28.4. The van der Waals surface area contributed by atoms with Crippen LogP contribution in [0.3, 0.4) is 0 Å². The Balaban J connectivity index is 1.53. The number of methoxy groups -OCH3 is 1. The Kier molecular flexibility index (Phi) is 7.52. The van der Waals surface area contributed by atoms with Crippen LogP contribution >= 0.6 is 11.6 Å². The number of nitrogens with zero attached hydrogens (tertiary/aromatic N) is 2. The van der Waals surface area contributed by atoms with Crippen LogP contribution in [0.1, 0.15) is 15.9 Å². The van der Waals surface area contributed by atoms with Gasteiger partial charge in [-0.15, -0.1) is 6.58 Å². The van der Waals surface area contributed by atoms with E-state index in [1.54, 1.807) is 29.1 Å². The second-order valence-corrected chi connectivity index (χ2v) is 7.47. The van der Waals surface area contributed by atoms with Gasteiger partial charge >= 0.3 is 0 Å². The number of carbonyl (C=O) groups excluding carboxylic acids is 2. The van der Waals surface area contributed by atoms with E-state index >= 15 is 0 Å². The molecule has 1 aliphatic heterocycles. The van der Waals surface area contributed by atoms with E-state index in [9.17, 15) is 14.0 Å². The van der Waals surface area contributed by atoms with Gasteiger partial charge in [0, 0.05) is 26.2 Å². The molecule has 1 aliphatic rings. The molecule has 0 aliphatic carbocycles. The summed E-state index contributed by atoms with van der Waals surface area (Å²) >= 11 is 5.99. The monoisotopic (exact) mass is 446 g/mol. The van der Waals surface area contributed by atoms with Crippen molar-refractivity contribution >= 4 is 23.4 Å². The fourth-order valence-electron chi connectivity index (χ4n) is 3.35. The molecule has 0 N–H and O–H groups in total. The number of allylic oxidation sites excluding steroid dienone is 1. The highest BCUT2D eigenvalue weighted by Crippen LogP contribution is 2.28. The maximum absolute atomic E-state index is 13.2. The summed E-state index contributed by atoms with van der Waals surface area (Å²) < 4.78 is 24.2. The number of hydrogen-bond donors (Lipinski definition) is 0. The lowest BCUT2D eigenvalue weighted by Gasteiger charge is -2.34. The fourth-order valence-corrected chi connectivity index (χ4v) is 3.60. The van der Waals surface area contributed by atoms with E-state index in [2.05, 4.69) is 6.58 Å². The quantitative estimate of drug-likeness (QED) is 0.610. The second-order valence-electron chi connectivity index (χ2n) is 7.06. The Labute approximate surface area is 185 Å². The molecule has 0 saturated carbocycles. The molecular weight excluding hydrogens is 423 g/mol. The van der Waals surface area contributed by atoms with Crippen molar-refractivity contribution in [3.63, 3.8) is 0 Å². The molecule has 0 unspecified atom stereocenters. The molecule has 0 atom stereocenters. The SMILES string of the molecule is C=CCc1ccc(OCC(=O)N2CCN(C(=O)c3ccc(F)cc3Cl)CC2)c(OC)c1. The lowest BCUT2D eigenvalue weighted by molar-refractivity contribution is -0.134. The molecule has 0 aromatic heterocycles. The zero-order valence-corrected chi connectivity index (χ0v) is 18.0. The average Bonchev–Trinajstić information content (AvgIpc) is 2.77. The van der Waals surface area contributed by atoms with E-state index in [1.165, 1.54) is 12.1 Å². The summed E-state index contributed by atoms with van der Waals surface area (Å²) in [6, 6.07) is 9.22. The Morgan fingerprint density at radius 2 is 1.81 bits per heavy atom. The molecule has 3 rings (SSSR count). The summed E-state index contributed by atoms with van der Waals surface area (Å²) in [6.07, 6.45) is 2.51. The predicted octanol–water partition coefficient (Wildman–Crippen LogP) is 3.58. The third-order valence-corrected chi connectivity index (χ3v) is 5.35. The van der Waals surface area contributed by atoms with Gasteiger partial charge in [-0.05, 0) is 42.3 Å². The van der Waals surface area contributed by atoms with Crippen LogP contribution < -0.4 is 9.47 Å². The first-order valence-electron chi connectivity index (χ1n) is 9.85. The summed E-state index contributed by atoms with van der Waals surface area (Å²) in [5.74, 6) is 0.0907. The average molecular weight is 447 g/mol. The molecule has 0 spiro atoms. The van der Waals surface area contributed by atoms with E-state index in [4.69, 9.17) is 21.1 Å². The predicted molar refractivity (Wildman–Crippen MR) is 116 cm³/mol. The first kappa shape index (κ1) is 22.6. The standard InChI is InChI=1S/C23H24ClFN2O4/c1-3-4-16-5-8-20(21(13-16)30-2)31-15-22(28)26-9-11-27(12-10-26)23(29)18-7-6-17(25)14-19(18)24/h3,5-8,13-14H,1,4,9-12,15H2,2H3. The molecule has 2 amide bonds. The van der Waals surface area contributed by atoms with Gasteiger partial charge < -0.3 is 19.3 Å². The summed E-state index contributed by atoms with van der Waals surface area (Å²) in [7, 11) is 1.55. The molecule has 1 saturated heterocycles. The van der Waals surface area contributed by atoms with E-state index in [1.807, 2.05) is 12.1 Å². The van der Waals surface area contributed by atoms with Crippen molar-refractivity contribution in [3.05, 3.63) is 71.0 Å². The van der Waals surface area contributed by atoms with Crippen LogP contribution in [0.2, 0.25) is 5.02 Å². The number of carbonyl (C=O) groups is 2. The van der Waals surface area contributed by atoms with Gasteiger partial charge in [-0.2, -0.15) is 0 Å². The van der Waals surface area contributed by atoms with E-state index in [0.717, 1.165) is 11.6 Å². The Bertz CT molecular complexity index is 974. The van der Waals surface area contributed by atoms with Crippen molar-refractivity contribution in [1.82, 2.24) is 9.80 Å². The van der Waals surface area contributed by atoms with Crippen LogP contribution in [0.5, 0.6) is 11.5 Å². The largest absolute Gasteiger partial charge is 0.493 e. The lowest BCUT2D eigenvalue weighted by atomic mass is 10.1. The van der Waals surface area contributed by atoms with Crippen molar-refractivity contribution in [2.45, 2.75) is 6.42 Å². The summed E-state index contributed by atoms with van der Waals surface area (Å²) in [5, 5.41) is 0.0740. The molecule has 1 heterocycles. The number of piperazine rings is 1. The zero-order valence-electron chi connectivity index (χ0n) is 17.3. The molecule has 0 bridgehead atoms. The second kappa shape index (κ2) is 10.3. The highest BCUT2D eigenvalue weighted by Gasteiger charge is 2.26. The highest BCUT2D eigenvalue weighted by atomic mass is 35.5. The van der Waals surface area contributed by atoms with Crippen LogP contribution in [0.25, 0.3) is 0 Å². The lowest BCUT2D eigenvalue weighted by Crippen LogP contribution is -2.51. The van der Waals surface area contributed by atoms with Gasteiger partial charge in [-0.25, -0.2) is 4.39 Å². The molecule has 1 fully saturated rings. The molecule has 8 heteroatoms. The topological polar surface area (TPSA) is 59.1 Å². The minimum Gasteiger partial charge on any atom is -0.493 e. The van der Waals surface area contributed by atoms with Gasteiger partial charge in [-0.3, -0.25) is 9.59 Å². The number of ether oxygens (including phenoxy) is 2. The number of benzene rings is 2. The summed E-state index contributed by atoms with van der Waals surface area (Å²) in [5.41, 5.74) is 1.28. The zero-order chi connectivity index (χ0) is 22.4. The van der Waals surface area contributed by atoms with E-state index < -0.39 is 5.82 Å². The third-order valence-electron chi connectivity index (χ3n) is 5.04. The number of rotatable bonds is 7. The van der Waals surface area contributed by atoms with Gasteiger partial charge in [0.15, 0.2) is 18.1 Å². The number of amides is 2. The Morgan fingerprint density at radius 3 is 2.45 bits per heavy atom. The van der Waals surface area contributed by atoms with Crippen molar-refractivity contribution in [1.29, 1.82) is 0 Å². The molecule has 31 heavy (non-hydrogen) atoms. The number of halogens is 2. The smallest absolute Gasteiger partial charge is 0.260 e. The molecule has 164 valence electrons. The maximum atomic E-state index is 13.2. The maximum Gasteiger partial charge on any atom is 0.260 e. The van der Waals surface area contributed by atoms with Crippen molar-refractivity contribution < 1.29 is 23.5 Å². The van der Waals surface area contributed by atoms with Crippen molar-refractivity contribution in [2.24, 2.45) is 0 Å². The van der Waals surface area contributed by atoms with Crippen molar-refractivity contribution in [2.75, 3.05) is 39.9 Å². The van der Waals surface area contributed by atoms with Crippen LogP contribution in [0.15, 0.2) is 49.1 Å². The molecule has 6 nitrogen and oxygen atoms in total.